The molecule has 8 heteroatoms. The van der Waals surface area contributed by atoms with Gasteiger partial charge in [-0.05, 0) is 31.4 Å². The Hall–Kier alpha value is -2.90. The summed E-state index contributed by atoms with van der Waals surface area (Å²) < 4.78 is 3.06. The van der Waals surface area contributed by atoms with Crippen LogP contribution in [0.4, 0.5) is 0 Å². The SMILES string of the molecule is NC(=O)CCC(C=O)n1c(=O)n(CCCCCCC(=O)O)c2ccccc21. The molecule has 0 spiro atoms. The molecular weight excluding hydrogens is 350 g/mol. The number of fused-ring (bicyclic) bond motifs is 1. The highest BCUT2D eigenvalue weighted by Gasteiger charge is 2.20. The zero-order valence-electron chi connectivity index (χ0n) is 15.2. The Balaban J connectivity index is 2.18. The zero-order valence-corrected chi connectivity index (χ0v) is 15.2. The van der Waals surface area contributed by atoms with E-state index in [1.807, 2.05) is 12.1 Å². The molecule has 0 aliphatic carbocycles. The van der Waals surface area contributed by atoms with E-state index >= 15 is 0 Å². The van der Waals surface area contributed by atoms with Gasteiger partial charge < -0.3 is 15.6 Å². The average molecular weight is 375 g/mol. The number of carbonyl (C=O) groups excluding carboxylic acids is 2. The second kappa shape index (κ2) is 9.70. The summed E-state index contributed by atoms with van der Waals surface area (Å²) in [7, 11) is 0. The van der Waals surface area contributed by atoms with E-state index in [0.717, 1.165) is 24.8 Å². The van der Waals surface area contributed by atoms with Gasteiger partial charge in [-0.1, -0.05) is 25.0 Å². The summed E-state index contributed by atoms with van der Waals surface area (Å²) in [5.74, 6) is -1.31. The van der Waals surface area contributed by atoms with Gasteiger partial charge in [-0.3, -0.25) is 18.7 Å². The van der Waals surface area contributed by atoms with Crippen molar-refractivity contribution in [2.45, 2.75) is 57.5 Å². The van der Waals surface area contributed by atoms with Crippen molar-refractivity contribution in [3.63, 3.8) is 0 Å². The number of primary amides is 1. The molecule has 1 aromatic carbocycles. The maximum atomic E-state index is 12.9. The minimum absolute atomic E-state index is 0.0267. The van der Waals surface area contributed by atoms with Gasteiger partial charge >= 0.3 is 11.7 Å². The number of carboxylic acid groups (broad SMARTS) is 1. The van der Waals surface area contributed by atoms with Gasteiger partial charge in [-0.15, -0.1) is 0 Å². The molecule has 27 heavy (non-hydrogen) atoms. The number of carbonyl (C=O) groups is 3. The number of aldehydes is 1. The predicted molar refractivity (Wildman–Crippen MR) is 100 cm³/mol. The van der Waals surface area contributed by atoms with Crippen molar-refractivity contribution in [2.75, 3.05) is 0 Å². The number of hydrogen-bond donors (Lipinski definition) is 2. The van der Waals surface area contributed by atoms with Gasteiger partial charge in [0.05, 0.1) is 17.1 Å². The van der Waals surface area contributed by atoms with Crippen LogP contribution in [0.25, 0.3) is 11.0 Å². The first-order valence-electron chi connectivity index (χ1n) is 9.11. The van der Waals surface area contributed by atoms with Crippen LogP contribution in [0, 0.1) is 0 Å². The molecule has 1 heterocycles. The Morgan fingerprint density at radius 1 is 1.07 bits per heavy atom. The second-order valence-electron chi connectivity index (χ2n) is 6.56. The fraction of sp³-hybridized carbons (Fsp3) is 0.474. The molecule has 2 aromatic rings. The van der Waals surface area contributed by atoms with Gasteiger partial charge in [0, 0.05) is 19.4 Å². The van der Waals surface area contributed by atoms with Crippen LogP contribution in [-0.4, -0.2) is 32.4 Å². The quantitative estimate of drug-likeness (QED) is 0.433. The van der Waals surface area contributed by atoms with Crippen LogP contribution in [0.1, 0.15) is 51.0 Å². The number of benzene rings is 1. The van der Waals surface area contributed by atoms with E-state index in [9.17, 15) is 19.2 Å². The third kappa shape index (κ3) is 5.29. The number of para-hydroxylation sites is 2. The van der Waals surface area contributed by atoms with Gasteiger partial charge in [-0.2, -0.15) is 0 Å². The van der Waals surface area contributed by atoms with E-state index in [1.165, 1.54) is 4.57 Å². The van der Waals surface area contributed by atoms with Crippen LogP contribution < -0.4 is 11.4 Å². The summed E-state index contributed by atoms with van der Waals surface area (Å²) in [6.45, 7) is 0.487. The lowest BCUT2D eigenvalue weighted by molar-refractivity contribution is -0.137. The molecule has 0 radical (unpaired) electrons. The normalized spacial score (nSPS) is 12.1. The minimum atomic E-state index is -0.801. The lowest BCUT2D eigenvalue weighted by Crippen LogP contribution is -2.29. The topological polar surface area (TPSA) is 124 Å². The average Bonchev–Trinajstić information content (AvgIpc) is 2.90. The Labute approximate surface area is 156 Å². The highest BCUT2D eigenvalue weighted by molar-refractivity contribution is 5.78. The van der Waals surface area contributed by atoms with Crippen LogP contribution in [0.15, 0.2) is 29.1 Å². The number of nitrogens with zero attached hydrogens (tertiary/aromatic N) is 2. The molecule has 0 aliphatic rings. The van der Waals surface area contributed by atoms with Crippen LogP contribution >= 0.6 is 0 Å². The first kappa shape index (κ1) is 20.4. The number of aryl methyl sites for hydroxylation is 1. The van der Waals surface area contributed by atoms with Crippen molar-refractivity contribution in [3.8, 4) is 0 Å². The van der Waals surface area contributed by atoms with Crippen molar-refractivity contribution in [1.29, 1.82) is 0 Å². The largest absolute Gasteiger partial charge is 0.481 e. The monoisotopic (exact) mass is 375 g/mol. The van der Waals surface area contributed by atoms with Gasteiger partial charge in [0.15, 0.2) is 0 Å². The fourth-order valence-corrected chi connectivity index (χ4v) is 3.22. The molecule has 0 bridgehead atoms. The number of aromatic nitrogens is 2. The highest BCUT2D eigenvalue weighted by Crippen LogP contribution is 2.20. The Kier molecular flexibility index (Phi) is 7.34. The number of hydrogen-bond acceptors (Lipinski definition) is 4. The van der Waals surface area contributed by atoms with Crippen molar-refractivity contribution in [3.05, 3.63) is 34.7 Å². The Bertz CT molecular complexity index is 868. The van der Waals surface area contributed by atoms with Gasteiger partial charge in [0.2, 0.25) is 5.91 Å². The molecule has 0 saturated carbocycles. The molecule has 1 unspecified atom stereocenters. The van der Waals surface area contributed by atoms with Crippen molar-refractivity contribution >= 4 is 29.2 Å². The first-order chi connectivity index (χ1) is 13.0. The van der Waals surface area contributed by atoms with E-state index in [4.69, 9.17) is 10.8 Å². The number of nitrogens with two attached hydrogens (primary N) is 1. The summed E-state index contributed by atoms with van der Waals surface area (Å²) in [5, 5.41) is 8.65. The van der Waals surface area contributed by atoms with Crippen molar-refractivity contribution in [2.24, 2.45) is 5.73 Å². The van der Waals surface area contributed by atoms with E-state index in [1.54, 1.807) is 16.7 Å². The molecule has 8 nitrogen and oxygen atoms in total. The van der Waals surface area contributed by atoms with Crippen molar-refractivity contribution < 1.29 is 19.5 Å². The molecule has 1 aromatic heterocycles. The lowest BCUT2D eigenvalue weighted by atomic mass is 10.1. The van der Waals surface area contributed by atoms with Crippen LogP contribution in [-0.2, 0) is 20.9 Å². The number of rotatable bonds is 12. The Morgan fingerprint density at radius 2 is 1.74 bits per heavy atom. The van der Waals surface area contributed by atoms with Gasteiger partial charge in [0.1, 0.15) is 6.29 Å². The summed E-state index contributed by atoms with van der Waals surface area (Å²) in [6, 6.07) is 6.49. The molecule has 3 N–H and O–H groups in total. The van der Waals surface area contributed by atoms with E-state index in [2.05, 4.69) is 0 Å². The van der Waals surface area contributed by atoms with Crippen molar-refractivity contribution in [1.82, 2.24) is 9.13 Å². The molecule has 2 rings (SSSR count). The number of amides is 1. The molecule has 0 fully saturated rings. The number of imidazole rings is 1. The van der Waals surface area contributed by atoms with Gasteiger partial charge in [0.25, 0.3) is 0 Å². The second-order valence-corrected chi connectivity index (χ2v) is 6.56. The van der Waals surface area contributed by atoms with Crippen LogP contribution in [0.3, 0.4) is 0 Å². The van der Waals surface area contributed by atoms with Gasteiger partial charge in [-0.25, -0.2) is 4.79 Å². The predicted octanol–water partition coefficient (Wildman–Crippen LogP) is 1.84. The lowest BCUT2D eigenvalue weighted by Gasteiger charge is -2.11. The summed E-state index contributed by atoms with van der Waals surface area (Å²) in [4.78, 5) is 46.0. The third-order valence-corrected chi connectivity index (χ3v) is 4.57. The maximum Gasteiger partial charge on any atom is 0.329 e. The molecule has 1 atom stereocenters. The fourth-order valence-electron chi connectivity index (χ4n) is 3.22. The smallest absolute Gasteiger partial charge is 0.329 e. The minimum Gasteiger partial charge on any atom is -0.481 e. The van der Waals surface area contributed by atoms with E-state index in [0.29, 0.717) is 24.8 Å². The standard InChI is InChI=1S/C19H25N3O5/c20-17(24)11-10-14(13-23)22-16-8-5-4-7-15(16)21(19(22)27)12-6-2-1-3-9-18(25)26/h4-5,7-8,13-14H,1-3,6,9-12H2,(H2,20,24)(H,25,26). The summed E-state index contributed by atoms with van der Waals surface area (Å²) in [5.41, 5.74) is 6.26. The molecule has 1 amide bonds. The first-order valence-corrected chi connectivity index (χ1v) is 9.11. The van der Waals surface area contributed by atoms with E-state index < -0.39 is 17.9 Å². The zero-order chi connectivity index (χ0) is 19.8. The molecule has 146 valence electrons. The molecular formula is C19H25N3O5. The molecule has 0 aliphatic heterocycles. The highest BCUT2D eigenvalue weighted by atomic mass is 16.4. The number of carboxylic acids is 1. The summed E-state index contributed by atoms with van der Waals surface area (Å²) >= 11 is 0. The summed E-state index contributed by atoms with van der Waals surface area (Å²) in [6.07, 6.45) is 3.99. The van der Waals surface area contributed by atoms with Crippen LogP contribution in [0.5, 0.6) is 0 Å². The van der Waals surface area contributed by atoms with Crippen LogP contribution in [0.2, 0.25) is 0 Å². The van der Waals surface area contributed by atoms with E-state index in [-0.39, 0.29) is 25.0 Å². The number of unbranched alkanes of at least 4 members (excludes halogenated alkanes) is 3. The number of aliphatic carboxylic acids is 1. The third-order valence-electron chi connectivity index (χ3n) is 4.57. The Morgan fingerprint density at radius 3 is 2.37 bits per heavy atom. The molecule has 0 saturated heterocycles. The maximum absolute atomic E-state index is 12.9.